The molecular formula is C19H19NO4. The van der Waals surface area contributed by atoms with Crippen LogP contribution in [0.3, 0.4) is 0 Å². The summed E-state index contributed by atoms with van der Waals surface area (Å²) in [7, 11) is 0. The molecule has 0 heterocycles. The standard InChI is InChI=1S/C19H19NO4/c1-14(19(23)24)20(17(21)12-15-8-4-2-5-9-15)18(22)13-16-10-6-3-7-11-16/h2-11,14H,12-13H2,1H3,(H,23,24). The monoisotopic (exact) mass is 325 g/mol. The lowest BCUT2D eigenvalue weighted by Crippen LogP contribution is -2.48. The van der Waals surface area contributed by atoms with Gasteiger partial charge in [0.2, 0.25) is 11.8 Å². The van der Waals surface area contributed by atoms with E-state index in [-0.39, 0.29) is 12.8 Å². The minimum absolute atomic E-state index is 0.0149. The van der Waals surface area contributed by atoms with Crippen LogP contribution in [-0.2, 0) is 27.2 Å². The second-order valence-corrected chi connectivity index (χ2v) is 5.50. The summed E-state index contributed by atoms with van der Waals surface area (Å²) in [5.41, 5.74) is 1.47. The summed E-state index contributed by atoms with van der Waals surface area (Å²) in [6.45, 7) is 1.34. The largest absolute Gasteiger partial charge is 0.480 e. The summed E-state index contributed by atoms with van der Waals surface area (Å²) >= 11 is 0. The van der Waals surface area contributed by atoms with Gasteiger partial charge >= 0.3 is 5.97 Å². The molecule has 24 heavy (non-hydrogen) atoms. The molecule has 5 nitrogen and oxygen atoms in total. The molecule has 1 unspecified atom stereocenters. The molecule has 2 amide bonds. The van der Waals surface area contributed by atoms with Gasteiger partial charge in [-0.25, -0.2) is 4.79 Å². The Morgan fingerprint density at radius 3 is 1.54 bits per heavy atom. The zero-order valence-corrected chi connectivity index (χ0v) is 13.4. The van der Waals surface area contributed by atoms with E-state index in [1.54, 1.807) is 48.5 Å². The highest BCUT2D eigenvalue weighted by Crippen LogP contribution is 2.11. The van der Waals surface area contributed by atoms with Crippen molar-refractivity contribution in [2.45, 2.75) is 25.8 Å². The van der Waals surface area contributed by atoms with Crippen molar-refractivity contribution >= 4 is 17.8 Å². The molecule has 1 atom stereocenters. The van der Waals surface area contributed by atoms with Crippen LogP contribution < -0.4 is 0 Å². The van der Waals surface area contributed by atoms with Crippen LogP contribution in [0.2, 0.25) is 0 Å². The molecule has 0 aliphatic rings. The van der Waals surface area contributed by atoms with Gasteiger partial charge in [0.05, 0.1) is 12.8 Å². The Balaban J connectivity index is 2.19. The number of hydrogen-bond acceptors (Lipinski definition) is 3. The van der Waals surface area contributed by atoms with Gasteiger partial charge in [-0.05, 0) is 18.1 Å². The number of imide groups is 1. The maximum absolute atomic E-state index is 12.5. The smallest absolute Gasteiger partial charge is 0.326 e. The number of hydrogen-bond donors (Lipinski definition) is 1. The highest BCUT2D eigenvalue weighted by Gasteiger charge is 2.31. The summed E-state index contributed by atoms with van der Waals surface area (Å²) in [6, 6.07) is 16.7. The molecule has 2 aromatic carbocycles. The molecule has 5 heteroatoms. The topological polar surface area (TPSA) is 74.7 Å². The highest BCUT2D eigenvalue weighted by atomic mass is 16.4. The number of carbonyl (C=O) groups is 3. The molecule has 0 aliphatic carbocycles. The Labute approximate surface area is 140 Å². The minimum atomic E-state index is -1.21. The molecule has 0 aromatic heterocycles. The van der Waals surface area contributed by atoms with Crippen LogP contribution in [0.25, 0.3) is 0 Å². The van der Waals surface area contributed by atoms with Crippen LogP contribution in [0.15, 0.2) is 60.7 Å². The van der Waals surface area contributed by atoms with E-state index in [9.17, 15) is 19.5 Å². The maximum atomic E-state index is 12.5. The minimum Gasteiger partial charge on any atom is -0.480 e. The fourth-order valence-corrected chi connectivity index (χ4v) is 2.39. The second kappa shape index (κ2) is 8.06. The molecule has 124 valence electrons. The molecule has 0 saturated heterocycles. The van der Waals surface area contributed by atoms with Crippen LogP contribution in [0.1, 0.15) is 18.1 Å². The lowest BCUT2D eigenvalue weighted by molar-refractivity contribution is -0.156. The van der Waals surface area contributed by atoms with Crippen molar-refractivity contribution < 1.29 is 19.5 Å². The van der Waals surface area contributed by atoms with Gasteiger partial charge in [-0.15, -0.1) is 0 Å². The average molecular weight is 325 g/mol. The van der Waals surface area contributed by atoms with Gasteiger partial charge < -0.3 is 5.11 Å². The normalized spacial score (nSPS) is 11.5. The molecular weight excluding hydrogens is 306 g/mol. The molecule has 0 spiro atoms. The van der Waals surface area contributed by atoms with E-state index in [4.69, 9.17) is 0 Å². The van der Waals surface area contributed by atoms with Crippen LogP contribution in [0.5, 0.6) is 0 Å². The second-order valence-electron chi connectivity index (χ2n) is 5.50. The summed E-state index contributed by atoms with van der Waals surface area (Å²) < 4.78 is 0. The Hall–Kier alpha value is -2.95. The van der Waals surface area contributed by atoms with Gasteiger partial charge in [0.1, 0.15) is 6.04 Å². The number of aliphatic carboxylic acids is 1. The molecule has 0 saturated carbocycles. The molecule has 0 fully saturated rings. The number of rotatable bonds is 6. The Bertz CT molecular complexity index is 659. The van der Waals surface area contributed by atoms with E-state index in [1.165, 1.54) is 6.92 Å². The SMILES string of the molecule is CC(C(=O)O)N(C(=O)Cc1ccccc1)C(=O)Cc1ccccc1. The zero-order valence-electron chi connectivity index (χ0n) is 13.4. The van der Waals surface area contributed by atoms with Crippen molar-refractivity contribution in [3.63, 3.8) is 0 Å². The molecule has 0 aliphatic heterocycles. The molecule has 2 aromatic rings. The Kier molecular flexibility index (Phi) is 5.84. The number of carboxylic acid groups (broad SMARTS) is 1. The molecule has 2 rings (SSSR count). The van der Waals surface area contributed by atoms with Gasteiger partial charge in [0, 0.05) is 0 Å². The maximum Gasteiger partial charge on any atom is 0.326 e. The van der Waals surface area contributed by atoms with E-state index in [0.717, 1.165) is 16.0 Å². The van der Waals surface area contributed by atoms with Gasteiger partial charge in [-0.2, -0.15) is 0 Å². The van der Waals surface area contributed by atoms with Crippen molar-refractivity contribution in [1.29, 1.82) is 0 Å². The van der Waals surface area contributed by atoms with Crippen LogP contribution in [0.4, 0.5) is 0 Å². The summed E-state index contributed by atoms with van der Waals surface area (Å²) in [6.07, 6.45) is -0.0298. The number of carbonyl (C=O) groups excluding carboxylic acids is 2. The summed E-state index contributed by atoms with van der Waals surface area (Å²) in [4.78, 5) is 37.2. The Morgan fingerprint density at radius 1 is 0.833 bits per heavy atom. The number of benzene rings is 2. The number of carboxylic acids is 1. The molecule has 0 bridgehead atoms. The first-order valence-corrected chi connectivity index (χ1v) is 7.64. The van der Waals surface area contributed by atoms with E-state index in [2.05, 4.69) is 0 Å². The summed E-state index contributed by atoms with van der Waals surface area (Å²) in [5, 5.41) is 9.24. The lowest BCUT2D eigenvalue weighted by atomic mass is 10.1. The van der Waals surface area contributed by atoms with Crippen LogP contribution in [-0.4, -0.2) is 33.8 Å². The van der Waals surface area contributed by atoms with E-state index in [1.807, 2.05) is 12.1 Å². The third-order valence-electron chi connectivity index (χ3n) is 3.68. The predicted octanol–water partition coefficient (Wildman–Crippen LogP) is 2.30. The number of amides is 2. The highest BCUT2D eigenvalue weighted by molar-refractivity contribution is 6.00. The van der Waals surface area contributed by atoms with Crippen molar-refractivity contribution in [2.75, 3.05) is 0 Å². The number of nitrogens with zero attached hydrogens (tertiary/aromatic N) is 1. The summed E-state index contributed by atoms with van der Waals surface area (Å²) in [5.74, 6) is -2.24. The quantitative estimate of drug-likeness (QED) is 0.884. The van der Waals surface area contributed by atoms with Gasteiger partial charge in [0.25, 0.3) is 0 Å². The Morgan fingerprint density at radius 2 is 1.21 bits per heavy atom. The first-order valence-electron chi connectivity index (χ1n) is 7.64. The zero-order chi connectivity index (χ0) is 17.5. The van der Waals surface area contributed by atoms with Gasteiger partial charge in [-0.1, -0.05) is 60.7 Å². The van der Waals surface area contributed by atoms with Gasteiger partial charge in [0.15, 0.2) is 0 Å². The first kappa shape index (κ1) is 17.4. The van der Waals surface area contributed by atoms with Crippen molar-refractivity contribution in [2.24, 2.45) is 0 Å². The van der Waals surface area contributed by atoms with E-state index in [0.29, 0.717) is 0 Å². The predicted molar refractivity (Wildman–Crippen MR) is 89.2 cm³/mol. The fraction of sp³-hybridized carbons (Fsp3) is 0.211. The van der Waals surface area contributed by atoms with Crippen molar-refractivity contribution in [3.05, 3.63) is 71.8 Å². The molecule has 1 N–H and O–H groups in total. The van der Waals surface area contributed by atoms with E-state index >= 15 is 0 Å². The van der Waals surface area contributed by atoms with E-state index < -0.39 is 23.8 Å². The average Bonchev–Trinajstić information content (AvgIpc) is 2.56. The van der Waals surface area contributed by atoms with Crippen LogP contribution in [0, 0.1) is 0 Å². The fourth-order valence-electron chi connectivity index (χ4n) is 2.39. The van der Waals surface area contributed by atoms with Crippen LogP contribution >= 0.6 is 0 Å². The van der Waals surface area contributed by atoms with Crippen molar-refractivity contribution in [3.8, 4) is 0 Å². The lowest BCUT2D eigenvalue weighted by Gasteiger charge is -2.25. The first-order chi connectivity index (χ1) is 11.5. The third kappa shape index (κ3) is 4.52. The molecule has 0 radical (unpaired) electrons. The third-order valence-corrected chi connectivity index (χ3v) is 3.68. The van der Waals surface area contributed by atoms with Gasteiger partial charge in [-0.3, -0.25) is 14.5 Å². The van der Waals surface area contributed by atoms with Crippen molar-refractivity contribution in [1.82, 2.24) is 4.90 Å².